The number of hydrogen-bond donors (Lipinski definition) is 0. The number of carbonyl (C=O) groups is 1. The summed E-state index contributed by atoms with van der Waals surface area (Å²) in [7, 11) is 0. The van der Waals surface area contributed by atoms with Crippen LogP contribution in [0, 0.1) is 5.82 Å². The van der Waals surface area contributed by atoms with Crippen molar-refractivity contribution in [3.05, 3.63) is 69.8 Å². The third kappa shape index (κ3) is 3.82. The normalized spacial score (nSPS) is 16.9. The Morgan fingerprint density at radius 2 is 1.96 bits per heavy atom. The topological polar surface area (TPSA) is 59.2 Å². The summed E-state index contributed by atoms with van der Waals surface area (Å²) in [6, 6.07) is 11.7. The highest BCUT2D eigenvalue weighted by Gasteiger charge is 2.34. The molecule has 0 radical (unpaired) electrons. The highest BCUT2D eigenvalue weighted by Crippen LogP contribution is 2.30. The molecular formula is C19H14Cl2FN3O2. The molecule has 8 heteroatoms. The van der Waals surface area contributed by atoms with Crippen LogP contribution in [0.15, 0.2) is 47.0 Å². The Morgan fingerprint density at radius 1 is 1.19 bits per heavy atom. The first kappa shape index (κ1) is 17.9. The number of aromatic nitrogens is 2. The van der Waals surface area contributed by atoms with Crippen LogP contribution in [0.1, 0.15) is 23.8 Å². The third-order valence-corrected chi connectivity index (χ3v) is 5.03. The van der Waals surface area contributed by atoms with Gasteiger partial charge in [-0.05, 0) is 35.9 Å². The van der Waals surface area contributed by atoms with E-state index in [0.717, 1.165) is 5.56 Å². The number of nitrogens with zero attached hydrogens (tertiary/aromatic N) is 3. The van der Waals surface area contributed by atoms with Crippen molar-refractivity contribution in [3.63, 3.8) is 0 Å². The van der Waals surface area contributed by atoms with Crippen molar-refractivity contribution in [2.45, 2.75) is 18.9 Å². The van der Waals surface area contributed by atoms with Crippen LogP contribution in [0.3, 0.4) is 0 Å². The predicted octanol–water partition coefficient (Wildman–Crippen LogP) is 4.70. The quantitative estimate of drug-likeness (QED) is 0.631. The fourth-order valence-corrected chi connectivity index (χ4v) is 3.30. The van der Waals surface area contributed by atoms with Crippen molar-refractivity contribution in [1.82, 2.24) is 15.0 Å². The van der Waals surface area contributed by atoms with Crippen LogP contribution in [0.4, 0.5) is 4.39 Å². The summed E-state index contributed by atoms with van der Waals surface area (Å²) in [5, 5.41) is 4.59. The van der Waals surface area contributed by atoms with Gasteiger partial charge in [-0.1, -0.05) is 40.5 Å². The van der Waals surface area contributed by atoms with Gasteiger partial charge in [0.2, 0.25) is 17.6 Å². The average Bonchev–Trinajstić information content (AvgIpc) is 3.27. The molecule has 3 aromatic rings. The summed E-state index contributed by atoms with van der Waals surface area (Å²) in [6.45, 7) is 0.980. The first-order valence-electron chi connectivity index (χ1n) is 8.31. The Labute approximate surface area is 164 Å². The van der Waals surface area contributed by atoms with E-state index in [0.29, 0.717) is 36.0 Å². The zero-order valence-electron chi connectivity index (χ0n) is 14.0. The highest BCUT2D eigenvalue weighted by molar-refractivity contribution is 6.31. The second-order valence-corrected chi connectivity index (χ2v) is 7.23. The maximum absolute atomic E-state index is 13.6. The van der Waals surface area contributed by atoms with Crippen LogP contribution in [-0.4, -0.2) is 27.5 Å². The number of benzene rings is 2. The second-order valence-electron chi connectivity index (χ2n) is 6.39. The number of likely N-dealkylation sites (tertiary alicyclic amines) is 1. The van der Waals surface area contributed by atoms with E-state index in [2.05, 4.69) is 10.1 Å². The summed E-state index contributed by atoms with van der Waals surface area (Å²) in [5.41, 5.74) is 1.46. The molecule has 2 heterocycles. The van der Waals surface area contributed by atoms with Crippen molar-refractivity contribution in [1.29, 1.82) is 0 Å². The molecule has 0 N–H and O–H groups in total. The van der Waals surface area contributed by atoms with Crippen molar-refractivity contribution in [3.8, 4) is 11.4 Å². The number of rotatable bonds is 4. The van der Waals surface area contributed by atoms with E-state index in [1.54, 1.807) is 23.1 Å². The van der Waals surface area contributed by atoms with Gasteiger partial charge in [0.15, 0.2) is 0 Å². The molecule has 1 saturated heterocycles. The molecule has 1 aliphatic heterocycles. The van der Waals surface area contributed by atoms with Gasteiger partial charge < -0.3 is 9.42 Å². The number of amides is 1. The first-order chi connectivity index (χ1) is 13.0. The van der Waals surface area contributed by atoms with Gasteiger partial charge in [-0.3, -0.25) is 4.79 Å². The van der Waals surface area contributed by atoms with Crippen molar-refractivity contribution in [2.24, 2.45) is 0 Å². The lowest BCUT2D eigenvalue weighted by atomic mass is 10.1. The van der Waals surface area contributed by atoms with Crippen LogP contribution in [0.2, 0.25) is 10.0 Å². The smallest absolute Gasteiger partial charge is 0.232 e. The second kappa shape index (κ2) is 7.29. The lowest BCUT2D eigenvalue weighted by Crippen LogP contribution is -2.24. The van der Waals surface area contributed by atoms with Crippen molar-refractivity contribution in [2.75, 3.05) is 6.54 Å². The first-order valence-corrected chi connectivity index (χ1v) is 9.06. The van der Waals surface area contributed by atoms with E-state index >= 15 is 0 Å². The molecule has 4 rings (SSSR count). The fraction of sp³-hybridized carbons (Fsp3) is 0.211. The number of carbonyl (C=O) groups excluding carboxylic acids is 1. The summed E-state index contributed by atoms with van der Waals surface area (Å²) >= 11 is 11.6. The van der Waals surface area contributed by atoms with Crippen LogP contribution < -0.4 is 0 Å². The summed E-state index contributed by atoms with van der Waals surface area (Å²) in [5.74, 6) is -0.0855. The molecule has 0 aliphatic carbocycles. The minimum absolute atomic E-state index is 0.0206. The maximum Gasteiger partial charge on any atom is 0.232 e. The Hall–Kier alpha value is -2.44. The van der Waals surface area contributed by atoms with Gasteiger partial charge in [0, 0.05) is 30.1 Å². The zero-order chi connectivity index (χ0) is 19.0. The van der Waals surface area contributed by atoms with Crippen LogP contribution in [0.25, 0.3) is 11.4 Å². The van der Waals surface area contributed by atoms with Gasteiger partial charge in [-0.2, -0.15) is 4.98 Å². The van der Waals surface area contributed by atoms with Crippen molar-refractivity contribution >= 4 is 29.1 Å². The van der Waals surface area contributed by atoms with E-state index in [-0.39, 0.29) is 22.7 Å². The Balaban J connectivity index is 1.48. The van der Waals surface area contributed by atoms with Gasteiger partial charge in [-0.25, -0.2) is 4.39 Å². The lowest BCUT2D eigenvalue weighted by molar-refractivity contribution is -0.128. The SMILES string of the molecule is O=C1CC(c2nc(-c3ccc(Cl)c(F)c3)no2)CN1Cc1ccc(Cl)cc1. The molecule has 1 atom stereocenters. The van der Waals surface area contributed by atoms with E-state index in [1.807, 2.05) is 12.1 Å². The van der Waals surface area contributed by atoms with E-state index < -0.39 is 5.82 Å². The van der Waals surface area contributed by atoms with Crippen LogP contribution in [-0.2, 0) is 11.3 Å². The van der Waals surface area contributed by atoms with E-state index in [4.69, 9.17) is 27.7 Å². The van der Waals surface area contributed by atoms with Gasteiger partial charge in [0.05, 0.1) is 10.9 Å². The van der Waals surface area contributed by atoms with Gasteiger partial charge in [0.25, 0.3) is 0 Å². The molecule has 1 amide bonds. The Morgan fingerprint density at radius 3 is 2.70 bits per heavy atom. The standard InChI is InChI=1S/C19H14Cl2FN3O2/c20-14-4-1-11(2-5-14)9-25-10-13(8-17(25)26)19-23-18(24-27-19)12-3-6-15(21)16(22)7-12/h1-7,13H,8-10H2. The number of hydrogen-bond acceptors (Lipinski definition) is 4. The van der Waals surface area contributed by atoms with Gasteiger partial charge >= 0.3 is 0 Å². The molecule has 1 unspecified atom stereocenters. The Kier molecular flexibility index (Phi) is 4.85. The minimum Gasteiger partial charge on any atom is -0.339 e. The maximum atomic E-state index is 13.6. The molecule has 1 fully saturated rings. The average molecular weight is 406 g/mol. The largest absolute Gasteiger partial charge is 0.339 e. The Bertz CT molecular complexity index is 991. The third-order valence-electron chi connectivity index (χ3n) is 4.47. The zero-order valence-corrected chi connectivity index (χ0v) is 15.5. The summed E-state index contributed by atoms with van der Waals surface area (Å²) < 4.78 is 19.0. The van der Waals surface area contributed by atoms with Gasteiger partial charge in [-0.15, -0.1) is 0 Å². The molecule has 27 heavy (non-hydrogen) atoms. The molecule has 2 aromatic carbocycles. The summed E-state index contributed by atoms with van der Waals surface area (Å²) in [4.78, 5) is 18.4. The minimum atomic E-state index is -0.550. The molecule has 138 valence electrons. The molecular weight excluding hydrogens is 392 g/mol. The molecule has 1 aliphatic rings. The molecule has 5 nitrogen and oxygen atoms in total. The summed E-state index contributed by atoms with van der Waals surface area (Å²) in [6.07, 6.45) is 0.296. The fourth-order valence-electron chi connectivity index (χ4n) is 3.05. The predicted molar refractivity (Wildman–Crippen MR) is 98.9 cm³/mol. The molecule has 0 spiro atoms. The number of halogens is 3. The molecule has 0 saturated carbocycles. The highest BCUT2D eigenvalue weighted by atomic mass is 35.5. The molecule has 0 bridgehead atoms. The molecule has 1 aromatic heterocycles. The lowest BCUT2D eigenvalue weighted by Gasteiger charge is -2.16. The van der Waals surface area contributed by atoms with E-state index in [1.165, 1.54) is 12.1 Å². The van der Waals surface area contributed by atoms with Gasteiger partial charge in [0.1, 0.15) is 5.82 Å². The van der Waals surface area contributed by atoms with Crippen LogP contribution >= 0.6 is 23.2 Å². The monoisotopic (exact) mass is 405 g/mol. The van der Waals surface area contributed by atoms with E-state index in [9.17, 15) is 9.18 Å². The van der Waals surface area contributed by atoms with Crippen molar-refractivity contribution < 1.29 is 13.7 Å². The van der Waals surface area contributed by atoms with Crippen LogP contribution in [0.5, 0.6) is 0 Å².